The van der Waals surface area contributed by atoms with E-state index in [-0.39, 0.29) is 12.0 Å². The first-order valence-corrected chi connectivity index (χ1v) is 15.1. The maximum atomic E-state index is 12.0. The zero-order chi connectivity index (χ0) is 24.6. The SMILES string of the molecule is CCCc1nc2ccc(C(c3ccc(Cl)cc3)c3nccs3)cc2n1C1CCN(S(C)(=O)=O)CC1. The minimum atomic E-state index is -3.16. The van der Waals surface area contributed by atoms with Crippen molar-refractivity contribution in [2.45, 2.75) is 44.6 Å². The van der Waals surface area contributed by atoms with Gasteiger partial charge in [-0.2, -0.15) is 0 Å². The summed E-state index contributed by atoms with van der Waals surface area (Å²) in [7, 11) is -3.16. The Hall–Kier alpha value is -2.26. The van der Waals surface area contributed by atoms with Crippen molar-refractivity contribution in [2.24, 2.45) is 0 Å². The Labute approximate surface area is 215 Å². The molecular formula is C26H29ClN4O2S2. The minimum Gasteiger partial charge on any atom is -0.325 e. The number of fused-ring (bicyclic) bond motifs is 1. The Morgan fingerprint density at radius 2 is 1.83 bits per heavy atom. The molecule has 0 bridgehead atoms. The van der Waals surface area contributed by atoms with Crippen LogP contribution in [0.3, 0.4) is 0 Å². The number of piperidine rings is 1. The van der Waals surface area contributed by atoms with Crippen molar-refractivity contribution in [2.75, 3.05) is 19.3 Å². The van der Waals surface area contributed by atoms with Crippen LogP contribution in [0.5, 0.6) is 0 Å². The van der Waals surface area contributed by atoms with E-state index in [4.69, 9.17) is 16.6 Å². The van der Waals surface area contributed by atoms with Gasteiger partial charge >= 0.3 is 0 Å². The highest BCUT2D eigenvalue weighted by molar-refractivity contribution is 7.88. The number of aromatic nitrogens is 3. The third kappa shape index (κ3) is 5.03. The minimum absolute atomic E-state index is 0.00160. The van der Waals surface area contributed by atoms with Gasteiger partial charge in [0.25, 0.3) is 0 Å². The van der Waals surface area contributed by atoms with Crippen LogP contribution in [0.2, 0.25) is 5.02 Å². The Balaban J connectivity index is 1.59. The lowest BCUT2D eigenvalue weighted by Gasteiger charge is -2.32. The van der Waals surface area contributed by atoms with Crippen LogP contribution < -0.4 is 0 Å². The zero-order valence-corrected chi connectivity index (χ0v) is 22.3. The molecule has 0 saturated carbocycles. The van der Waals surface area contributed by atoms with Crippen molar-refractivity contribution in [1.29, 1.82) is 0 Å². The number of nitrogens with zero attached hydrogens (tertiary/aromatic N) is 4. The van der Waals surface area contributed by atoms with Gasteiger partial charge in [0.15, 0.2) is 0 Å². The molecular weight excluding hydrogens is 500 g/mol. The summed E-state index contributed by atoms with van der Waals surface area (Å²) in [4.78, 5) is 9.64. The molecule has 35 heavy (non-hydrogen) atoms. The monoisotopic (exact) mass is 528 g/mol. The number of hydrogen-bond donors (Lipinski definition) is 0. The van der Waals surface area contributed by atoms with Crippen LogP contribution in [0, 0.1) is 0 Å². The van der Waals surface area contributed by atoms with Crippen molar-refractivity contribution < 1.29 is 8.42 Å². The molecule has 2 aromatic carbocycles. The number of benzene rings is 2. The van der Waals surface area contributed by atoms with Gasteiger partial charge in [0.1, 0.15) is 10.8 Å². The smallest absolute Gasteiger partial charge is 0.211 e. The fourth-order valence-electron chi connectivity index (χ4n) is 5.09. The molecule has 0 radical (unpaired) electrons. The largest absolute Gasteiger partial charge is 0.325 e. The van der Waals surface area contributed by atoms with Gasteiger partial charge in [0.2, 0.25) is 10.0 Å². The number of sulfonamides is 1. The van der Waals surface area contributed by atoms with Crippen LogP contribution in [0.15, 0.2) is 54.0 Å². The number of thiazole rings is 1. The topological polar surface area (TPSA) is 68.1 Å². The molecule has 1 aliphatic rings. The summed E-state index contributed by atoms with van der Waals surface area (Å²) in [6.07, 6.45) is 6.61. The molecule has 184 valence electrons. The highest BCUT2D eigenvalue weighted by Crippen LogP contribution is 2.37. The molecule has 1 unspecified atom stereocenters. The van der Waals surface area contributed by atoms with Crippen LogP contribution in [0.4, 0.5) is 0 Å². The quantitative estimate of drug-likeness (QED) is 0.300. The van der Waals surface area contributed by atoms with Crippen LogP contribution in [-0.2, 0) is 16.4 Å². The van der Waals surface area contributed by atoms with Crippen molar-refractivity contribution >= 4 is 44.0 Å². The number of rotatable bonds is 7. The molecule has 0 amide bonds. The standard InChI is InChI=1S/C26H29ClN4O2S2/c1-3-4-24-29-22-10-7-19(25(26-28-13-16-34-26)18-5-8-20(27)9-6-18)17-23(22)31(24)21-11-14-30(15-12-21)35(2,32)33/h5-10,13,16-17,21,25H,3-4,11-12,14-15H2,1-2H3. The first-order chi connectivity index (χ1) is 16.8. The molecule has 1 fully saturated rings. The average Bonchev–Trinajstić information content (AvgIpc) is 3.48. The van der Waals surface area contributed by atoms with Gasteiger partial charge in [-0.3, -0.25) is 0 Å². The van der Waals surface area contributed by atoms with Gasteiger partial charge in [-0.05, 0) is 54.7 Å². The van der Waals surface area contributed by atoms with E-state index in [0.29, 0.717) is 18.1 Å². The predicted molar refractivity (Wildman–Crippen MR) is 143 cm³/mol. The van der Waals surface area contributed by atoms with E-state index >= 15 is 0 Å². The molecule has 1 atom stereocenters. The molecule has 3 heterocycles. The molecule has 1 saturated heterocycles. The number of halogens is 1. The van der Waals surface area contributed by atoms with E-state index in [1.807, 2.05) is 23.7 Å². The van der Waals surface area contributed by atoms with Crippen LogP contribution >= 0.6 is 22.9 Å². The van der Waals surface area contributed by atoms with Crippen molar-refractivity contribution in [1.82, 2.24) is 18.8 Å². The fraction of sp³-hybridized carbons (Fsp3) is 0.385. The lowest BCUT2D eigenvalue weighted by atomic mass is 9.91. The van der Waals surface area contributed by atoms with Crippen molar-refractivity contribution in [3.8, 4) is 0 Å². The van der Waals surface area contributed by atoms with E-state index in [1.54, 1.807) is 15.6 Å². The first kappa shape index (κ1) is 24.4. The van der Waals surface area contributed by atoms with E-state index < -0.39 is 10.0 Å². The molecule has 5 rings (SSSR count). The van der Waals surface area contributed by atoms with Gasteiger partial charge in [-0.15, -0.1) is 11.3 Å². The number of aryl methyl sites for hydroxylation is 1. The van der Waals surface area contributed by atoms with Gasteiger partial charge in [0, 0.05) is 42.2 Å². The maximum Gasteiger partial charge on any atom is 0.211 e. The maximum absolute atomic E-state index is 12.0. The van der Waals surface area contributed by atoms with Crippen LogP contribution in [0.1, 0.15) is 60.1 Å². The average molecular weight is 529 g/mol. The van der Waals surface area contributed by atoms with Crippen LogP contribution in [-0.4, -0.2) is 46.6 Å². The van der Waals surface area contributed by atoms with Gasteiger partial charge in [-0.25, -0.2) is 22.7 Å². The third-order valence-electron chi connectivity index (χ3n) is 6.75. The van der Waals surface area contributed by atoms with Crippen molar-refractivity contribution in [3.63, 3.8) is 0 Å². The summed E-state index contributed by atoms with van der Waals surface area (Å²) in [6.45, 7) is 3.25. The lowest BCUT2D eigenvalue weighted by molar-refractivity contribution is 0.275. The second-order valence-electron chi connectivity index (χ2n) is 9.14. The molecule has 9 heteroatoms. The molecule has 2 aromatic heterocycles. The lowest BCUT2D eigenvalue weighted by Crippen LogP contribution is -2.38. The second kappa shape index (κ2) is 10.0. The summed E-state index contributed by atoms with van der Waals surface area (Å²) in [6, 6.07) is 14.7. The first-order valence-electron chi connectivity index (χ1n) is 12.0. The number of imidazole rings is 1. The number of hydrogen-bond acceptors (Lipinski definition) is 5. The molecule has 4 aromatic rings. The molecule has 1 aliphatic heterocycles. The summed E-state index contributed by atoms with van der Waals surface area (Å²) in [5.74, 6) is 1.08. The summed E-state index contributed by atoms with van der Waals surface area (Å²) < 4.78 is 28.1. The molecule has 0 aliphatic carbocycles. The fourth-order valence-corrected chi connectivity index (χ4v) is 6.88. The Kier molecular flexibility index (Phi) is 6.99. The summed E-state index contributed by atoms with van der Waals surface area (Å²) >= 11 is 7.83. The molecule has 0 spiro atoms. The van der Waals surface area contributed by atoms with Gasteiger partial charge < -0.3 is 4.57 Å². The highest BCUT2D eigenvalue weighted by atomic mass is 35.5. The van der Waals surface area contributed by atoms with E-state index in [2.05, 4.69) is 46.8 Å². The normalized spacial score (nSPS) is 16.7. The van der Waals surface area contributed by atoms with Gasteiger partial charge in [0.05, 0.1) is 23.2 Å². The molecule has 0 N–H and O–H groups in total. The Morgan fingerprint density at radius 1 is 1.11 bits per heavy atom. The van der Waals surface area contributed by atoms with E-state index in [0.717, 1.165) is 58.7 Å². The van der Waals surface area contributed by atoms with Crippen LogP contribution in [0.25, 0.3) is 11.0 Å². The Bertz CT molecular complexity index is 1410. The highest BCUT2D eigenvalue weighted by Gasteiger charge is 2.29. The van der Waals surface area contributed by atoms with Gasteiger partial charge in [-0.1, -0.05) is 36.7 Å². The zero-order valence-electron chi connectivity index (χ0n) is 19.9. The molecule has 6 nitrogen and oxygen atoms in total. The van der Waals surface area contributed by atoms with E-state index in [9.17, 15) is 8.42 Å². The van der Waals surface area contributed by atoms with Crippen molar-refractivity contribution in [3.05, 3.63) is 81.0 Å². The third-order valence-corrected chi connectivity index (χ3v) is 9.15. The Morgan fingerprint density at radius 3 is 2.46 bits per heavy atom. The predicted octanol–water partition coefficient (Wildman–Crippen LogP) is 5.88. The summed E-state index contributed by atoms with van der Waals surface area (Å²) in [5, 5.41) is 3.76. The van der Waals surface area contributed by atoms with E-state index in [1.165, 1.54) is 6.26 Å². The second-order valence-corrected chi connectivity index (χ2v) is 12.5. The summed E-state index contributed by atoms with van der Waals surface area (Å²) in [5.41, 5.74) is 4.40.